The molecule has 9 nitrogen and oxygen atoms in total. The number of carbonyl (C=O) groups is 3. The van der Waals surface area contributed by atoms with Gasteiger partial charge in [-0.05, 0) is 25.1 Å². The van der Waals surface area contributed by atoms with Crippen molar-refractivity contribution in [3.05, 3.63) is 46.5 Å². The molecule has 0 aliphatic carbocycles. The molecule has 0 spiro atoms. The molecule has 3 N–H and O–H groups in total. The molecule has 2 aromatic rings. The van der Waals surface area contributed by atoms with E-state index < -0.39 is 0 Å². The molecule has 9 heteroatoms. The van der Waals surface area contributed by atoms with E-state index in [1.807, 2.05) is 6.92 Å². The van der Waals surface area contributed by atoms with Crippen LogP contribution in [0, 0.1) is 6.92 Å². The lowest BCUT2D eigenvalue weighted by atomic mass is 10.0. The van der Waals surface area contributed by atoms with Gasteiger partial charge in [-0.25, -0.2) is 0 Å². The van der Waals surface area contributed by atoms with Gasteiger partial charge >= 0.3 is 0 Å². The normalized spacial score (nSPS) is 19.3. The minimum atomic E-state index is -0.283. The number of ether oxygens (including phenoxy) is 1. The second kappa shape index (κ2) is 7.51. The number of nitrogens with zero attached hydrogens (tertiary/aromatic N) is 2. The Labute approximate surface area is 167 Å². The van der Waals surface area contributed by atoms with Crippen molar-refractivity contribution in [2.45, 2.75) is 13.5 Å². The van der Waals surface area contributed by atoms with Gasteiger partial charge in [-0.2, -0.15) is 0 Å². The molecule has 2 aliphatic heterocycles. The predicted octanol–water partition coefficient (Wildman–Crippen LogP) is 0.929. The molecule has 0 saturated heterocycles. The van der Waals surface area contributed by atoms with Crippen LogP contribution >= 0.6 is 0 Å². The summed E-state index contributed by atoms with van der Waals surface area (Å²) >= 11 is 0. The molecule has 29 heavy (non-hydrogen) atoms. The largest absolute Gasteiger partial charge is 0.370 e. The molecular weight excluding hydrogens is 374 g/mol. The van der Waals surface area contributed by atoms with Crippen LogP contribution in [-0.4, -0.2) is 59.4 Å². The fourth-order valence-corrected chi connectivity index (χ4v) is 3.35. The molecule has 3 amide bonds. The highest BCUT2D eigenvalue weighted by Gasteiger charge is 2.26. The number of rotatable bonds is 0. The van der Waals surface area contributed by atoms with Crippen molar-refractivity contribution in [1.82, 2.24) is 20.2 Å². The number of hydrogen-bond donors (Lipinski definition) is 3. The van der Waals surface area contributed by atoms with E-state index in [0.29, 0.717) is 40.3 Å². The number of aromatic nitrogens is 2. The van der Waals surface area contributed by atoms with Crippen molar-refractivity contribution in [2.75, 3.05) is 32.1 Å². The Hall–Kier alpha value is -3.46. The summed E-state index contributed by atoms with van der Waals surface area (Å²) in [5.74, 6) is -0.745. The van der Waals surface area contributed by atoms with Gasteiger partial charge in [0, 0.05) is 24.8 Å². The molecular formula is C20H21N5O4. The number of pyridine rings is 1. The molecule has 2 aromatic heterocycles. The third-order valence-corrected chi connectivity index (χ3v) is 4.84. The first-order valence-corrected chi connectivity index (χ1v) is 9.24. The molecule has 2 bridgehead atoms. The topological polar surface area (TPSA) is 116 Å². The van der Waals surface area contributed by atoms with Crippen LogP contribution in [0.5, 0.6) is 0 Å². The summed E-state index contributed by atoms with van der Waals surface area (Å²) in [7, 11) is 1.67. The number of carbonyl (C=O) groups excluding carboxylic acids is 3. The molecule has 0 fully saturated rings. The Kier molecular flexibility index (Phi) is 4.89. The average Bonchev–Trinajstić information content (AvgIpc) is 3.20. The molecule has 0 radical (unpaired) electrons. The second-order valence-corrected chi connectivity index (χ2v) is 7.07. The summed E-state index contributed by atoms with van der Waals surface area (Å²) in [5, 5.41) is 5.56. The number of hydrogen-bond acceptors (Lipinski definition) is 5. The first kappa shape index (κ1) is 18.9. The highest BCUT2D eigenvalue weighted by atomic mass is 16.5. The van der Waals surface area contributed by atoms with Crippen molar-refractivity contribution in [2.24, 2.45) is 0 Å². The van der Waals surface area contributed by atoms with Gasteiger partial charge < -0.3 is 25.3 Å². The van der Waals surface area contributed by atoms with Crippen molar-refractivity contribution in [1.29, 1.82) is 0 Å². The van der Waals surface area contributed by atoms with Gasteiger partial charge in [0.2, 0.25) is 5.91 Å². The fourth-order valence-electron chi connectivity index (χ4n) is 3.35. The van der Waals surface area contributed by atoms with Crippen LogP contribution in [0.15, 0.2) is 18.3 Å². The standard InChI is InChI=1S/C20H21N5O4/c1-11-5-15-16(23-11)7-14-13-6-12(22-8-17(13)24-20(14)28)9-25(2)18(26)10-29-4-3-21-19(15)27/h5-8,23H,3-4,9-10H2,1-2H3,(H,21,27)(H,24,28)/b14-7-. The summed E-state index contributed by atoms with van der Waals surface area (Å²) in [6.45, 7) is 2.53. The zero-order valence-electron chi connectivity index (χ0n) is 16.2. The second-order valence-electron chi connectivity index (χ2n) is 7.07. The number of H-pyrrole nitrogens is 1. The van der Waals surface area contributed by atoms with E-state index in [1.165, 1.54) is 4.90 Å². The number of nitrogens with one attached hydrogen (secondary N) is 3. The van der Waals surface area contributed by atoms with E-state index >= 15 is 0 Å². The van der Waals surface area contributed by atoms with E-state index in [0.717, 1.165) is 5.69 Å². The lowest BCUT2D eigenvalue weighted by Crippen LogP contribution is -2.32. The van der Waals surface area contributed by atoms with E-state index in [2.05, 4.69) is 20.6 Å². The minimum absolute atomic E-state index is 0.0863. The lowest BCUT2D eigenvalue weighted by molar-refractivity contribution is -0.135. The molecule has 150 valence electrons. The van der Waals surface area contributed by atoms with E-state index in [4.69, 9.17) is 4.74 Å². The van der Waals surface area contributed by atoms with Crippen LogP contribution in [0.2, 0.25) is 0 Å². The summed E-state index contributed by atoms with van der Waals surface area (Å²) in [6.07, 6.45) is 3.25. The van der Waals surface area contributed by atoms with Crippen LogP contribution in [-0.2, 0) is 20.9 Å². The smallest absolute Gasteiger partial charge is 0.256 e. The maximum Gasteiger partial charge on any atom is 0.256 e. The maximum absolute atomic E-state index is 12.6. The molecule has 0 saturated carbocycles. The molecule has 4 heterocycles. The average molecular weight is 395 g/mol. The quantitative estimate of drug-likeness (QED) is 0.614. The van der Waals surface area contributed by atoms with Gasteiger partial charge in [0.15, 0.2) is 0 Å². The highest BCUT2D eigenvalue weighted by molar-refractivity contribution is 6.35. The van der Waals surface area contributed by atoms with Gasteiger partial charge in [-0.1, -0.05) is 0 Å². The first-order chi connectivity index (χ1) is 13.9. The monoisotopic (exact) mass is 395 g/mol. The molecule has 2 aliphatic rings. The first-order valence-electron chi connectivity index (χ1n) is 9.24. The van der Waals surface area contributed by atoms with Crippen molar-refractivity contribution < 1.29 is 19.1 Å². The van der Waals surface area contributed by atoms with Crippen molar-refractivity contribution in [3.63, 3.8) is 0 Å². The van der Waals surface area contributed by atoms with Crippen LogP contribution in [0.3, 0.4) is 0 Å². The number of aryl methyl sites for hydroxylation is 1. The van der Waals surface area contributed by atoms with Gasteiger partial charge in [0.1, 0.15) is 6.61 Å². The van der Waals surface area contributed by atoms with Gasteiger partial charge in [0.25, 0.3) is 11.8 Å². The van der Waals surface area contributed by atoms with E-state index in [1.54, 1.807) is 31.5 Å². The Morgan fingerprint density at radius 3 is 2.79 bits per heavy atom. The number of fused-ring (bicyclic) bond motifs is 2. The summed E-state index contributed by atoms with van der Waals surface area (Å²) < 4.78 is 5.37. The van der Waals surface area contributed by atoms with Gasteiger partial charge in [0.05, 0.1) is 47.6 Å². The van der Waals surface area contributed by atoms with Crippen LogP contribution in [0.1, 0.15) is 33.0 Å². The van der Waals surface area contributed by atoms with Crippen molar-refractivity contribution >= 4 is 35.1 Å². The molecule has 4 rings (SSSR count). The molecule has 0 aromatic carbocycles. The van der Waals surface area contributed by atoms with E-state index in [9.17, 15) is 14.4 Å². The summed E-state index contributed by atoms with van der Waals surface area (Å²) in [4.78, 5) is 46.4. The Morgan fingerprint density at radius 1 is 1.14 bits per heavy atom. The minimum Gasteiger partial charge on any atom is -0.370 e. The third-order valence-electron chi connectivity index (χ3n) is 4.84. The zero-order valence-corrected chi connectivity index (χ0v) is 16.2. The van der Waals surface area contributed by atoms with Crippen LogP contribution in [0.25, 0.3) is 11.6 Å². The highest BCUT2D eigenvalue weighted by Crippen LogP contribution is 2.33. The predicted molar refractivity (Wildman–Crippen MR) is 106 cm³/mol. The van der Waals surface area contributed by atoms with Crippen LogP contribution in [0.4, 0.5) is 5.69 Å². The molecule has 0 atom stereocenters. The lowest BCUT2D eigenvalue weighted by Gasteiger charge is -2.17. The van der Waals surface area contributed by atoms with Gasteiger partial charge in [-0.3, -0.25) is 19.4 Å². The van der Waals surface area contributed by atoms with Gasteiger partial charge in [-0.15, -0.1) is 0 Å². The number of aromatic amines is 1. The van der Waals surface area contributed by atoms with Crippen molar-refractivity contribution in [3.8, 4) is 0 Å². The Balaban J connectivity index is 1.79. The van der Waals surface area contributed by atoms with E-state index in [-0.39, 0.29) is 37.5 Å². The number of likely N-dealkylation sites (N-methyl/N-ethyl adjacent to an activating group) is 1. The summed E-state index contributed by atoms with van der Waals surface area (Å²) in [5.41, 5.74) is 4.15. The SMILES string of the molecule is Cc1cc2c([nH]1)/C=C1\C(=O)Nc3cnc(cc31)CN(C)C(=O)COCCNC2=O. The summed E-state index contributed by atoms with van der Waals surface area (Å²) in [6, 6.07) is 3.51. The Bertz CT molecular complexity index is 1040. The zero-order chi connectivity index (χ0) is 20.5. The maximum atomic E-state index is 12.6. The fraction of sp³-hybridized carbons (Fsp3) is 0.300. The third kappa shape index (κ3) is 3.77. The Morgan fingerprint density at radius 2 is 1.97 bits per heavy atom. The number of amides is 3. The van der Waals surface area contributed by atoms with Crippen LogP contribution < -0.4 is 10.6 Å². The molecule has 0 unspecified atom stereocenters. The number of anilines is 1.